The number of rotatable bonds is 1. The van der Waals surface area contributed by atoms with Crippen molar-refractivity contribution in [2.75, 3.05) is 7.11 Å². The van der Waals surface area contributed by atoms with Crippen LogP contribution in [0.5, 0.6) is 5.75 Å². The highest BCUT2D eigenvalue weighted by atomic mass is 19.1. The Morgan fingerprint density at radius 2 is 1.71 bits per heavy atom. The van der Waals surface area contributed by atoms with Crippen molar-refractivity contribution in [3.8, 4) is 5.75 Å². The highest BCUT2D eigenvalue weighted by Crippen LogP contribution is 2.32. The van der Waals surface area contributed by atoms with Crippen LogP contribution in [0.2, 0.25) is 0 Å². The molecule has 3 aromatic carbocycles. The molecule has 0 saturated carbocycles. The van der Waals surface area contributed by atoms with Crippen molar-refractivity contribution in [2.24, 2.45) is 0 Å². The van der Waals surface area contributed by atoms with Crippen LogP contribution in [-0.4, -0.2) is 7.11 Å². The monoisotopic (exact) mass is 226 g/mol. The van der Waals surface area contributed by atoms with E-state index < -0.39 is 0 Å². The molecular formula is C15H11FO. The molecule has 0 saturated heterocycles. The van der Waals surface area contributed by atoms with Gasteiger partial charge in [-0.2, -0.15) is 0 Å². The molecule has 17 heavy (non-hydrogen) atoms. The van der Waals surface area contributed by atoms with Gasteiger partial charge in [-0.25, -0.2) is 4.39 Å². The van der Waals surface area contributed by atoms with Gasteiger partial charge in [0.05, 0.1) is 7.11 Å². The Morgan fingerprint density at radius 1 is 0.882 bits per heavy atom. The zero-order chi connectivity index (χ0) is 11.8. The van der Waals surface area contributed by atoms with E-state index in [1.165, 1.54) is 6.07 Å². The zero-order valence-corrected chi connectivity index (χ0v) is 9.41. The normalized spacial score (nSPS) is 10.9. The van der Waals surface area contributed by atoms with Gasteiger partial charge in [-0.1, -0.05) is 36.4 Å². The molecular weight excluding hydrogens is 215 g/mol. The van der Waals surface area contributed by atoms with Crippen molar-refractivity contribution in [2.45, 2.75) is 0 Å². The molecule has 1 nitrogen and oxygen atoms in total. The number of methoxy groups -OCH3 is 1. The molecule has 0 aliphatic heterocycles. The second-order valence-corrected chi connectivity index (χ2v) is 3.96. The molecule has 84 valence electrons. The average molecular weight is 226 g/mol. The Bertz CT molecular complexity index is 704. The summed E-state index contributed by atoms with van der Waals surface area (Å²) in [5, 5.41) is 3.39. The lowest BCUT2D eigenvalue weighted by atomic mass is 10.0. The third kappa shape index (κ3) is 1.45. The lowest BCUT2D eigenvalue weighted by Gasteiger charge is -2.08. The smallest absolute Gasteiger partial charge is 0.131 e. The van der Waals surface area contributed by atoms with E-state index in [9.17, 15) is 4.39 Å². The number of hydrogen-bond acceptors (Lipinski definition) is 1. The third-order valence-corrected chi connectivity index (χ3v) is 3.03. The van der Waals surface area contributed by atoms with Gasteiger partial charge in [0.1, 0.15) is 11.6 Å². The summed E-state index contributed by atoms with van der Waals surface area (Å²) in [6.45, 7) is 0. The molecule has 0 unspecified atom stereocenters. The maximum absolute atomic E-state index is 13.9. The molecule has 0 amide bonds. The molecule has 3 rings (SSSR count). The van der Waals surface area contributed by atoms with Gasteiger partial charge in [-0.15, -0.1) is 0 Å². The minimum atomic E-state index is -0.193. The molecule has 0 N–H and O–H groups in total. The Labute approximate surface area is 98.4 Å². The Morgan fingerprint density at radius 3 is 2.53 bits per heavy atom. The Hall–Kier alpha value is -2.09. The van der Waals surface area contributed by atoms with Crippen molar-refractivity contribution in [1.29, 1.82) is 0 Å². The fraction of sp³-hybridized carbons (Fsp3) is 0.0667. The first-order valence-electron chi connectivity index (χ1n) is 5.45. The molecule has 0 aliphatic carbocycles. The van der Waals surface area contributed by atoms with Gasteiger partial charge in [-0.05, 0) is 22.9 Å². The van der Waals surface area contributed by atoms with Gasteiger partial charge in [0.25, 0.3) is 0 Å². The van der Waals surface area contributed by atoms with Gasteiger partial charge in [0.2, 0.25) is 0 Å². The molecule has 0 aromatic heterocycles. The zero-order valence-electron chi connectivity index (χ0n) is 9.41. The summed E-state index contributed by atoms with van der Waals surface area (Å²) in [5.74, 6) is 0.578. The van der Waals surface area contributed by atoms with Crippen LogP contribution < -0.4 is 4.74 Å². The summed E-state index contributed by atoms with van der Waals surface area (Å²) in [4.78, 5) is 0. The lowest BCUT2D eigenvalue weighted by molar-refractivity contribution is 0.420. The van der Waals surface area contributed by atoms with Crippen molar-refractivity contribution in [1.82, 2.24) is 0 Å². The highest BCUT2D eigenvalue weighted by Gasteiger charge is 2.07. The van der Waals surface area contributed by atoms with E-state index in [4.69, 9.17) is 4.74 Å². The quantitative estimate of drug-likeness (QED) is 0.566. The minimum Gasteiger partial charge on any atom is -0.496 e. The van der Waals surface area contributed by atoms with Crippen LogP contribution in [0.15, 0.2) is 48.5 Å². The van der Waals surface area contributed by atoms with Crippen LogP contribution in [0.1, 0.15) is 0 Å². The summed E-state index contributed by atoms with van der Waals surface area (Å²) in [6, 6.07) is 14.7. The van der Waals surface area contributed by atoms with E-state index in [0.717, 1.165) is 21.9 Å². The van der Waals surface area contributed by atoms with Gasteiger partial charge in [-0.3, -0.25) is 0 Å². The molecule has 0 spiro atoms. The second kappa shape index (κ2) is 3.74. The summed E-state index contributed by atoms with van der Waals surface area (Å²) < 4.78 is 19.2. The molecule has 0 heterocycles. The van der Waals surface area contributed by atoms with Gasteiger partial charge >= 0.3 is 0 Å². The fourth-order valence-corrected chi connectivity index (χ4v) is 2.25. The van der Waals surface area contributed by atoms with Crippen LogP contribution in [-0.2, 0) is 0 Å². The van der Waals surface area contributed by atoms with Gasteiger partial charge in [0, 0.05) is 10.8 Å². The molecule has 3 aromatic rings. The standard InChI is InChI=1S/C15H11FO/c1-17-14-7-3-5-12-11(14)9-8-10-4-2-6-13(16)15(10)12/h2-9H,1H3. The maximum atomic E-state index is 13.9. The average Bonchev–Trinajstić information content (AvgIpc) is 2.37. The number of fused-ring (bicyclic) bond motifs is 3. The summed E-state index contributed by atoms with van der Waals surface area (Å²) >= 11 is 0. The van der Waals surface area contributed by atoms with Crippen LogP contribution in [0.25, 0.3) is 21.5 Å². The van der Waals surface area contributed by atoms with Crippen LogP contribution in [0.3, 0.4) is 0 Å². The van der Waals surface area contributed by atoms with Crippen molar-refractivity contribution in [3.63, 3.8) is 0 Å². The van der Waals surface area contributed by atoms with Crippen molar-refractivity contribution in [3.05, 3.63) is 54.3 Å². The number of benzene rings is 3. The highest BCUT2D eigenvalue weighted by molar-refractivity contribution is 6.09. The van der Waals surface area contributed by atoms with Crippen LogP contribution >= 0.6 is 0 Å². The van der Waals surface area contributed by atoms with E-state index in [-0.39, 0.29) is 5.82 Å². The molecule has 2 heteroatoms. The second-order valence-electron chi connectivity index (χ2n) is 3.96. The topological polar surface area (TPSA) is 9.23 Å². The maximum Gasteiger partial charge on any atom is 0.131 e. The fourth-order valence-electron chi connectivity index (χ4n) is 2.25. The lowest BCUT2D eigenvalue weighted by Crippen LogP contribution is -1.87. The molecule has 0 aliphatic rings. The van der Waals surface area contributed by atoms with Gasteiger partial charge < -0.3 is 4.74 Å². The molecule has 0 radical (unpaired) electrons. The first kappa shape index (κ1) is 10.1. The Kier molecular flexibility index (Phi) is 2.22. The first-order valence-corrected chi connectivity index (χ1v) is 5.45. The summed E-state index contributed by atoms with van der Waals surface area (Å²) in [5.41, 5.74) is 0. The van der Waals surface area contributed by atoms with E-state index >= 15 is 0 Å². The largest absolute Gasteiger partial charge is 0.496 e. The number of ether oxygens (including phenoxy) is 1. The minimum absolute atomic E-state index is 0.193. The first-order chi connectivity index (χ1) is 8.31. The molecule has 0 bridgehead atoms. The predicted molar refractivity (Wildman–Crippen MR) is 68.0 cm³/mol. The van der Waals surface area contributed by atoms with Crippen molar-refractivity contribution < 1.29 is 9.13 Å². The van der Waals surface area contributed by atoms with Crippen molar-refractivity contribution >= 4 is 21.5 Å². The Balaban J connectivity index is 2.56. The van der Waals surface area contributed by atoms with Gasteiger partial charge in [0.15, 0.2) is 0 Å². The number of hydrogen-bond donors (Lipinski definition) is 0. The molecule has 0 atom stereocenters. The number of halogens is 1. The van der Waals surface area contributed by atoms with E-state index in [0.29, 0.717) is 5.39 Å². The SMILES string of the molecule is COc1cccc2c1ccc1cccc(F)c12. The summed E-state index contributed by atoms with van der Waals surface area (Å²) in [7, 11) is 1.63. The van der Waals surface area contributed by atoms with Crippen LogP contribution in [0, 0.1) is 5.82 Å². The van der Waals surface area contributed by atoms with E-state index in [1.54, 1.807) is 13.2 Å². The van der Waals surface area contributed by atoms with Crippen LogP contribution in [0.4, 0.5) is 4.39 Å². The predicted octanol–water partition coefficient (Wildman–Crippen LogP) is 4.14. The van der Waals surface area contributed by atoms with E-state index in [1.807, 2.05) is 36.4 Å². The molecule has 0 fully saturated rings. The third-order valence-electron chi connectivity index (χ3n) is 3.03. The summed E-state index contributed by atoms with van der Waals surface area (Å²) in [6.07, 6.45) is 0. The van der Waals surface area contributed by atoms with E-state index in [2.05, 4.69) is 0 Å².